The van der Waals surface area contributed by atoms with Crippen molar-refractivity contribution in [1.82, 2.24) is 10.4 Å². The van der Waals surface area contributed by atoms with Crippen LogP contribution < -0.4 is 11.2 Å². The van der Waals surface area contributed by atoms with Crippen LogP contribution in [0.3, 0.4) is 0 Å². The molecule has 5 heteroatoms. The third-order valence-corrected chi connectivity index (χ3v) is 2.21. The number of nitrogens with two attached hydrogens (primary N) is 1. The summed E-state index contributed by atoms with van der Waals surface area (Å²) in [6, 6.07) is 1.11. The molecular weight excluding hydrogens is 209 g/mol. The summed E-state index contributed by atoms with van der Waals surface area (Å²) in [7, 11) is 4.07. The Morgan fingerprint density at radius 1 is 1.08 bits per heavy atom. The summed E-state index contributed by atoms with van der Waals surface area (Å²) in [6.45, 7) is 0. The van der Waals surface area contributed by atoms with E-state index in [9.17, 15) is 0 Å². The molecule has 1 aliphatic carbocycles. The molecule has 0 aromatic carbocycles. The molecule has 1 aliphatic rings. The van der Waals surface area contributed by atoms with Crippen LogP contribution >= 0.6 is 24.8 Å². The van der Waals surface area contributed by atoms with Crippen LogP contribution in [0.1, 0.15) is 25.7 Å². The van der Waals surface area contributed by atoms with Crippen LogP contribution in [0.15, 0.2) is 0 Å². The van der Waals surface area contributed by atoms with Gasteiger partial charge in [0, 0.05) is 26.2 Å². The van der Waals surface area contributed by atoms with E-state index < -0.39 is 0 Å². The lowest BCUT2D eigenvalue weighted by molar-refractivity contribution is 0.201. The van der Waals surface area contributed by atoms with E-state index in [-0.39, 0.29) is 24.8 Å². The van der Waals surface area contributed by atoms with Crippen molar-refractivity contribution in [3.05, 3.63) is 0 Å². The molecule has 0 bridgehead atoms. The molecule has 0 heterocycles. The molecule has 1 fully saturated rings. The minimum Gasteiger partial charge on any atom is -0.328 e. The molecular formula is C8H21Cl2N3. The highest BCUT2D eigenvalue weighted by molar-refractivity contribution is 5.85. The Morgan fingerprint density at radius 3 is 1.92 bits per heavy atom. The van der Waals surface area contributed by atoms with Gasteiger partial charge in [0.05, 0.1) is 0 Å². The van der Waals surface area contributed by atoms with E-state index in [1.54, 1.807) is 0 Å². The maximum atomic E-state index is 5.79. The fourth-order valence-corrected chi connectivity index (χ4v) is 1.61. The van der Waals surface area contributed by atoms with Crippen molar-refractivity contribution >= 4 is 24.8 Å². The van der Waals surface area contributed by atoms with Gasteiger partial charge in [0.2, 0.25) is 0 Å². The normalized spacial score (nSPS) is 27.7. The molecule has 0 aromatic rings. The predicted octanol–water partition coefficient (Wildman–Crippen LogP) is 1.17. The Bertz CT molecular complexity index is 114. The molecule has 0 unspecified atom stereocenters. The van der Waals surface area contributed by atoms with Gasteiger partial charge in [0.15, 0.2) is 0 Å². The van der Waals surface area contributed by atoms with Gasteiger partial charge in [-0.1, -0.05) is 0 Å². The van der Waals surface area contributed by atoms with Crippen LogP contribution in [0, 0.1) is 0 Å². The third kappa shape index (κ3) is 6.52. The van der Waals surface area contributed by atoms with Crippen molar-refractivity contribution in [3.63, 3.8) is 0 Å². The first kappa shape index (κ1) is 15.9. The summed E-state index contributed by atoms with van der Waals surface area (Å²) >= 11 is 0. The molecule has 0 saturated heterocycles. The van der Waals surface area contributed by atoms with Gasteiger partial charge in [-0.3, -0.25) is 10.4 Å². The van der Waals surface area contributed by atoms with E-state index in [2.05, 4.69) is 5.43 Å². The summed E-state index contributed by atoms with van der Waals surface area (Å²) in [5, 5.41) is 2.03. The van der Waals surface area contributed by atoms with Crippen LogP contribution in [0.2, 0.25) is 0 Å². The largest absolute Gasteiger partial charge is 0.328 e. The molecule has 0 radical (unpaired) electrons. The van der Waals surface area contributed by atoms with Gasteiger partial charge in [-0.2, -0.15) is 0 Å². The topological polar surface area (TPSA) is 41.3 Å². The zero-order valence-electron chi connectivity index (χ0n) is 8.32. The van der Waals surface area contributed by atoms with Crippen molar-refractivity contribution in [3.8, 4) is 0 Å². The highest BCUT2D eigenvalue weighted by atomic mass is 35.5. The van der Waals surface area contributed by atoms with Gasteiger partial charge in [0.25, 0.3) is 0 Å². The second-order valence-corrected chi connectivity index (χ2v) is 3.64. The van der Waals surface area contributed by atoms with Crippen LogP contribution in [0.25, 0.3) is 0 Å². The molecule has 82 valence electrons. The fraction of sp³-hybridized carbons (Fsp3) is 1.00. The van der Waals surface area contributed by atoms with Crippen molar-refractivity contribution in [1.29, 1.82) is 0 Å². The molecule has 1 rings (SSSR count). The molecule has 0 spiro atoms. The first-order chi connectivity index (χ1) is 5.18. The molecule has 3 N–H and O–H groups in total. The second kappa shape index (κ2) is 7.83. The summed E-state index contributed by atoms with van der Waals surface area (Å²) < 4.78 is 0. The number of halogens is 2. The Labute approximate surface area is 93.2 Å². The van der Waals surface area contributed by atoms with Crippen LogP contribution in [-0.4, -0.2) is 31.2 Å². The Morgan fingerprint density at radius 2 is 1.54 bits per heavy atom. The monoisotopic (exact) mass is 229 g/mol. The molecule has 0 amide bonds. The highest BCUT2D eigenvalue weighted by Gasteiger charge is 2.17. The Kier molecular flexibility index (Phi) is 9.58. The molecule has 3 nitrogen and oxygen atoms in total. The van der Waals surface area contributed by atoms with Crippen LogP contribution in [0.5, 0.6) is 0 Å². The average Bonchev–Trinajstić information content (AvgIpc) is 1.93. The van der Waals surface area contributed by atoms with Crippen molar-refractivity contribution in [2.75, 3.05) is 14.1 Å². The van der Waals surface area contributed by atoms with E-state index in [4.69, 9.17) is 5.73 Å². The number of hydrogen-bond donors (Lipinski definition) is 2. The van der Waals surface area contributed by atoms with E-state index in [1.807, 2.05) is 19.1 Å². The summed E-state index contributed by atoms with van der Waals surface area (Å²) in [5.74, 6) is 0. The highest BCUT2D eigenvalue weighted by Crippen LogP contribution is 2.16. The molecule has 13 heavy (non-hydrogen) atoms. The average molecular weight is 230 g/mol. The summed E-state index contributed by atoms with van der Waals surface area (Å²) in [6.07, 6.45) is 4.79. The summed E-state index contributed by atoms with van der Waals surface area (Å²) in [5.41, 5.74) is 9.17. The molecule has 1 saturated carbocycles. The minimum absolute atomic E-state index is 0. The second-order valence-electron chi connectivity index (χ2n) is 3.64. The zero-order chi connectivity index (χ0) is 8.27. The molecule has 0 aliphatic heterocycles. The van der Waals surface area contributed by atoms with Gasteiger partial charge >= 0.3 is 0 Å². The number of nitrogens with zero attached hydrogens (tertiary/aromatic N) is 1. The Balaban J connectivity index is 0. The number of hydrazine groups is 1. The van der Waals surface area contributed by atoms with Crippen LogP contribution in [0.4, 0.5) is 0 Å². The van der Waals surface area contributed by atoms with Crippen molar-refractivity contribution < 1.29 is 0 Å². The van der Waals surface area contributed by atoms with E-state index in [1.165, 1.54) is 25.7 Å². The van der Waals surface area contributed by atoms with Crippen LogP contribution in [-0.2, 0) is 0 Å². The predicted molar refractivity (Wildman–Crippen MR) is 61.6 cm³/mol. The van der Waals surface area contributed by atoms with Gasteiger partial charge < -0.3 is 5.73 Å². The van der Waals surface area contributed by atoms with Gasteiger partial charge in [0.1, 0.15) is 0 Å². The van der Waals surface area contributed by atoms with Gasteiger partial charge in [-0.15, -0.1) is 24.8 Å². The minimum atomic E-state index is 0. The first-order valence-electron chi connectivity index (χ1n) is 4.37. The number of nitrogens with one attached hydrogen (secondary N) is 1. The maximum Gasteiger partial charge on any atom is 0.0216 e. The Hall–Kier alpha value is 0.460. The van der Waals surface area contributed by atoms with Gasteiger partial charge in [-0.25, -0.2) is 0 Å². The lowest BCUT2D eigenvalue weighted by Gasteiger charge is -2.29. The molecule has 0 atom stereocenters. The smallest absolute Gasteiger partial charge is 0.0216 e. The maximum absolute atomic E-state index is 5.79. The van der Waals surface area contributed by atoms with E-state index in [0.717, 1.165) is 0 Å². The zero-order valence-corrected chi connectivity index (χ0v) is 9.96. The van der Waals surface area contributed by atoms with Gasteiger partial charge in [-0.05, 0) is 25.7 Å². The van der Waals surface area contributed by atoms with Crippen molar-refractivity contribution in [2.45, 2.75) is 37.8 Å². The fourth-order valence-electron chi connectivity index (χ4n) is 1.61. The lowest BCUT2D eigenvalue weighted by Crippen LogP contribution is -2.43. The SMILES string of the molecule is CN(C)NC1CCC(N)CC1.Cl.Cl. The molecule has 0 aromatic heterocycles. The van der Waals surface area contributed by atoms with E-state index in [0.29, 0.717) is 12.1 Å². The number of hydrogen-bond acceptors (Lipinski definition) is 3. The standard InChI is InChI=1S/C8H19N3.2ClH/c1-11(2)10-8-5-3-7(9)4-6-8;;/h7-8,10H,3-6,9H2,1-2H3;2*1H. The third-order valence-electron chi connectivity index (χ3n) is 2.21. The number of rotatable bonds is 2. The quantitative estimate of drug-likeness (QED) is 0.699. The van der Waals surface area contributed by atoms with Crippen molar-refractivity contribution in [2.24, 2.45) is 5.73 Å². The lowest BCUT2D eigenvalue weighted by atomic mass is 9.92. The summed E-state index contributed by atoms with van der Waals surface area (Å²) in [4.78, 5) is 0. The first-order valence-corrected chi connectivity index (χ1v) is 4.37. The van der Waals surface area contributed by atoms with E-state index >= 15 is 0 Å².